The first kappa shape index (κ1) is 29.2. The highest BCUT2D eigenvalue weighted by Crippen LogP contribution is 2.67. The van der Waals surface area contributed by atoms with Gasteiger partial charge in [-0.25, -0.2) is 0 Å². The minimum absolute atomic E-state index is 0.0893. The number of aldehydes is 1. The monoisotopic (exact) mass is 568 g/mol. The molecule has 4 aliphatic carbocycles. The molecule has 0 saturated heterocycles. The van der Waals surface area contributed by atoms with E-state index >= 15 is 0 Å². The Morgan fingerprint density at radius 3 is 2.60 bits per heavy atom. The third kappa shape index (κ3) is 3.92. The smallest absolute Gasteiger partial charge is 0.230 e. The maximum absolute atomic E-state index is 14.9. The van der Waals surface area contributed by atoms with Gasteiger partial charge in [-0.2, -0.15) is 0 Å². The predicted octanol–water partition coefficient (Wildman–Crippen LogP) is 5.57. The van der Waals surface area contributed by atoms with Crippen LogP contribution in [0.4, 0.5) is 0 Å². The van der Waals surface area contributed by atoms with E-state index in [2.05, 4.69) is 46.9 Å². The van der Waals surface area contributed by atoms with E-state index in [9.17, 15) is 19.5 Å². The molecule has 0 aromatic carbocycles. The highest BCUT2D eigenvalue weighted by molar-refractivity contribution is 6.74. The Morgan fingerprint density at radius 1 is 1.27 bits per heavy atom. The molecule has 5 rings (SSSR count). The molecule has 0 aromatic rings. The fourth-order valence-electron chi connectivity index (χ4n) is 7.60. The average Bonchev–Trinajstić information content (AvgIpc) is 3.46. The number of rotatable bonds is 7. The van der Waals surface area contributed by atoms with Crippen LogP contribution in [0.5, 0.6) is 0 Å². The van der Waals surface area contributed by atoms with Crippen molar-refractivity contribution in [2.45, 2.75) is 91.5 Å². The summed E-state index contributed by atoms with van der Waals surface area (Å²) in [6, 6.07) is 0. The standard InChI is InChI=1S/C32H44O7Si/c1-9-10-19-13-32(26(36)16-39-40(7,8)30(3,4)5)22(20-11-25-29(27(19)20)38-17-37-25)12-23(34)28-21(15-33)18(2)24(35)14-31(28,32)6/h12-13,15,18,21,24,28,35H,9-11,14,16-17H2,1-8H3/t18-,21?,24-,28?,31-,32-/m0/s1. The lowest BCUT2D eigenvalue weighted by molar-refractivity contribution is -0.161. The van der Waals surface area contributed by atoms with Crippen LogP contribution in [0.15, 0.2) is 46.0 Å². The quantitative estimate of drug-likeness (QED) is 0.317. The number of ketones is 2. The number of Topliss-reactive ketones (excluding diaryl/α,β-unsaturated/α-hetero) is 1. The second-order valence-electron chi connectivity index (χ2n) is 14.1. The molecule has 0 amide bonds. The number of hydrogen-bond donors (Lipinski definition) is 1. The summed E-state index contributed by atoms with van der Waals surface area (Å²) >= 11 is 0. The van der Waals surface area contributed by atoms with Crippen molar-refractivity contribution in [3.05, 3.63) is 46.0 Å². The fourth-order valence-corrected chi connectivity index (χ4v) is 8.52. The first-order valence-electron chi connectivity index (χ1n) is 14.7. The lowest BCUT2D eigenvalue weighted by Crippen LogP contribution is -2.64. The molecule has 1 saturated carbocycles. The highest BCUT2D eigenvalue weighted by Gasteiger charge is 2.68. The number of fused-ring (bicyclic) bond motifs is 5. The molecule has 1 aliphatic heterocycles. The van der Waals surface area contributed by atoms with Gasteiger partial charge in [0, 0.05) is 29.2 Å². The molecule has 0 spiro atoms. The molecule has 2 unspecified atom stereocenters. The van der Waals surface area contributed by atoms with Gasteiger partial charge in [0.1, 0.15) is 12.0 Å². The zero-order valence-corrected chi connectivity index (χ0v) is 26.2. The van der Waals surface area contributed by atoms with E-state index in [1.165, 1.54) is 0 Å². The molecular weight excluding hydrogens is 524 g/mol. The van der Waals surface area contributed by atoms with Gasteiger partial charge in [-0.1, -0.05) is 54.0 Å². The largest absolute Gasteiger partial charge is 0.458 e. The molecule has 1 N–H and O–H groups in total. The molecule has 0 bridgehead atoms. The minimum atomic E-state index is -2.29. The Bertz CT molecular complexity index is 1280. The first-order chi connectivity index (χ1) is 18.6. The molecule has 0 aromatic heterocycles. The number of carbonyl (C=O) groups excluding carboxylic acids is 3. The molecule has 7 nitrogen and oxygen atoms in total. The van der Waals surface area contributed by atoms with Crippen LogP contribution < -0.4 is 0 Å². The van der Waals surface area contributed by atoms with Crippen molar-refractivity contribution < 1.29 is 33.4 Å². The summed E-state index contributed by atoms with van der Waals surface area (Å²) in [5, 5.41) is 11.2. The molecule has 8 heteroatoms. The maximum atomic E-state index is 14.9. The Balaban J connectivity index is 1.74. The van der Waals surface area contributed by atoms with E-state index in [1.807, 2.05) is 13.8 Å². The molecule has 6 atom stereocenters. The molecule has 40 heavy (non-hydrogen) atoms. The van der Waals surface area contributed by atoms with Crippen LogP contribution >= 0.6 is 0 Å². The van der Waals surface area contributed by atoms with Crippen molar-refractivity contribution in [1.29, 1.82) is 0 Å². The van der Waals surface area contributed by atoms with Crippen molar-refractivity contribution in [2.24, 2.45) is 28.6 Å². The van der Waals surface area contributed by atoms with Gasteiger partial charge in [0.2, 0.25) is 6.79 Å². The van der Waals surface area contributed by atoms with Crippen molar-refractivity contribution in [3.8, 4) is 0 Å². The summed E-state index contributed by atoms with van der Waals surface area (Å²) in [5.74, 6) is -0.644. The van der Waals surface area contributed by atoms with Gasteiger partial charge in [-0.15, -0.1) is 0 Å². The van der Waals surface area contributed by atoms with Gasteiger partial charge >= 0.3 is 0 Å². The van der Waals surface area contributed by atoms with E-state index in [0.717, 1.165) is 41.6 Å². The van der Waals surface area contributed by atoms with Crippen molar-refractivity contribution in [1.82, 2.24) is 0 Å². The molecule has 1 heterocycles. The molecule has 0 radical (unpaired) electrons. The van der Waals surface area contributed by atoms with Crippen LogP contribution in [0.1, 0.15) is 67.2 Å². The summed E-state index contributed by atoms with van der Waals surface area (Å²) in [4.78, 5) is 41.4. The lowest BCUT2D eigenvalue weighted by Gasteiger charge is -2.60. The van der Waals surface area contributed by atoms with Gasteiger partial charge in [0.05, 0.1) is 18.1 Å². The molecule has 5 aliphatic rings. The number of carbonyl (C=O) groups is 3. The number of ether oxygens (including phenoxy) is 2. The Kier molecular flexibility index (Phi) is 7.03. The van der Waals surface area contributed by atoms with E-state index < -0.39 is 37.1 Å². The lowest BCUT2D eigenvalue weighted by atomic mass is 9.41. The van der Waals surface area contributed by atoms with Gasteiger partial charge in [0.15, 0.2) is 25.6 Å². The number of hydrogen-bond acceptors (Lipinski definition) is 7. The summed E-state index contributed by atoms with van der Waals surface area (Å²) in [6.07, 6.45) is 5.91. The fraction of sp³-hybridized carbons (Fsp3) is 0.656. The van der Waals surface area contributed by atoms with E-state index in [-0.39, 0.29) is 42.3 Å². The average molecular weight is 569 g/mol. The first-order valence-corrected chi connectivity index (χ1v) is 17.6. The van der Waals surface area contributed by atoms with Crippen LogP contribution in [0.3, 0.4) is 0 Å². The van der Waals surface area contributed by atoms with Gasteiger partial charge in [-0.05, 0) is 59.7 Å². The summed E-state index contributed by atoms with van der Waals surface area (Å²) < 4.78 is 18.2. The summed E-state index contributed by atoms with van der Waals surface area (Å²) in [5.41, 5.74) is 1.21. The Labute approximate surface area is 238 Å². The second-order valence-corrected chi connectivity index (χ2v) is 18.9. The van der Waals surface area contributed by atoms with Gasteiger partial charge in [-0.3, -0.25) is 9.59 Å². The number of allylic oxidation sites excluding steroid dienone is 5. The number of aliphatic hydroxyl groups excluding tert-OH is 1. The SMILES string of the molecule is CCCC1=C[C@@]2(C(=O)CO[Si](C)(C)C(C)(C)C)C(=CC(=O)C3C(C=O)[C@H](C)[C@@H](O)C[C@@]32C)C2=C1C1=C(C2)OCO1. The topological polar surface area (TPSA) is 99.1 Å². The van der Waals surface area contributed by atoms with Crippen LogP contribution in [-0.2, 0) is 28.3 Å². The van der Waals surface area contributed by atoms with Crippen LogP contribution in [0.2, 0.25) is 18.1 Å². The van der Waals surface area contributed by atoms with E-state index in [1.54, 1.807) is 6.08 Å². The van der Waals surface area contributed by atoms with Gasteiger partial charge in [0.25, 0.3) is 0 Å². The second kappa shape index (κ2) is 9.63. The molecule has 1 fully saturated rings. The zero-order valence-electron chi connectivity index (χ0n) is 25.2. The van der Waals surface area contributed by atoms with Crippen LogP contribution in [0.25, 0.3) is 0 Å². The summed E-state index contributed by atoms with van der Waals surface area (Å²) in [7, 11) is -2.29. The molecular formula is C32H44O7Si. The zero-order chi connectivity index (χ0) is 29.4. The van der Waals surface area contributed by atoms with E-state index in [0.29, 0.717) is 17.8 Å². The third-order valence-corrected chi connectivity index (χ3v) is 15.4. The predicted molar refractivity (Wildman–Crippen MR) is 153 cm³/mol. The van der Waals surface area contributed by atoms with Crippen molar-refractivity contribution >= 4 is 26.2 Å². The maximum Gasteiger partial charge on any atom is 0.230 e. The van der Waals surface area contributed by atoms with Crippen molar-refractivity contribution in [3.63, 3.8) is 0 Å². The molecule has 218 valence electrons. The Morgan fingerprint density at radius 2 is 1.98 bits per heavy atom. The van der Waals surface area contributed by atoms with Crippen LogP contribution in [-0.4, -0.2) is 50.8 Å². The minimum Gasteiger partial charge on any atom is -0.458 e. The van der Waals surface area contributed by atoms with Crippen LogP contribution in [0, 0.1) is 28.6 Å². The summed E-state index contributed by atoms with van der Waals surface area (Å²) in [6.45, 7) is 16.6. The van der Waals surface area contributed by atoms with Gasteiger partial charge < -0.3 is 23.8 Å². The van der Waals surface area contributed by atoms with Crippen molar-refractivity contribution in [2.75, 3.05) is 13.4 Å². The van der Waals surface area contributed by atoms with E-state index in [4.69, 9.17) is 13.9 Å². The highest BCUT2D eigenvalue weighted by atomic mass is 28.4. The Hall–Kier alpha value is -2.29. The third-order valence-electron chi connectivity index (χ3n) is 10.9. The normalized spacial score (nSPS) is 35.2. The number of aliphatic hydroxyl groups is 1.